The van der Waals surface area contributed by atoms with Crippen LogP contribution in [0.4, 0.5) is 0 Å². The lowest BCUT2D eigenvalue weighted by Gasteiger charge is -2.20. The fraction of sp³-hybridized carbons (Fsp3) is 0.217. The highest BCUT2D eigenvalue weighted by Crippen LogP contribution is 2.17. The van der Waals surface area contributed by atoms with E-state index in [1.54, 1.807) is 47.4 Å². The number of halogens is 1. The summed E-state index contributed by atoms with van der Waals surface area (Å²) in [6, 6.07) is 14.2. The second-order valence-electron chi connectivity index (χ2n) is 8.17. The first kappa shape index (κ1) is 20.0. The predicted octanol–water partition coefficient (Wildman–Crippen LogP) is 4.28. The van der Waals surface area contributed by atoms with E-state index in [1.165, 1.54) is 4.68 Å². The molecule has 0 saturated carbocycles. The monoisotopic (exact) mass is 420 g/mol. The normalized spacial score (nSPS) is 11.7. The molecule has 0 radical (unpaired) electrons. The topological polar surface area (TPSA) is 69.8 Å². The van der Waals surface area contributed by atoms with E-state index in [0.717, 1.165) is 5.56 Å². The number of hydrogen-bond acceptors (Lipinski definition) is 4. The number of carbonyl (C=O) groups is 1. The lowest BCUT2D eigenvalue weighted by molar-refractivity contribution is 0.103. The maximum absolute atomic E-state index is 12.8. The molecule has 30 heavy (non-hydrogen) atoms. The highest BCUT2D eigenvalue weighted by molar-refractivity contribution is 6.30. The van der Waals surface area contributed by atoms with Crippen LogP contribution in [0.25, 0.3) is 10.9 Å². The maximum Gasteiger partial charge on any atom is 0.278 e. The van der Waals surface area contributed by atoms with Crippen LogP contribution >= 0.6 is 11.6 Å². The number of rotatable bonds is 4. The van der Waals surface area contributed by atoms with Crippen molar-refractivity contribution in [2.45, 2.75) is 32.9 Å². The molecule has 0 N–H and O–H groups in total. The number of nitrogens with zero attached hydrogens (tertiary/aromatic N) is 4. The van der Waals surface area contributed by atoms with Gasteiger partial charge in [-0.25, -0.2) is 4.68 Å². The number of fused-ring (bicyclic) bond motifs is 1. The van der Waals surface area contributed by atoms with Crippen LogP contribution in [0.3, 0.4) is 0 Å². The van der Waals surface area contributed by atoms with E-state index in [9.17, 15) is 9.59 Å². The highest BCUT2D eigenvalue weighted by Gasteiger charge is 2.19. The molecule has 2 aromatic carbocycles. The van der Waals surface area contributed by atoms with Crippen molar-refractivity contribution in [3.8, 4) is 0 Å². The summed E-state index contributed by atoms with van der Waals surface area (Å²) >= 11 is 5.91. The van der Waals surface area contributed by atoms with Crippen LogP contribution in [-0.4, -0.2) is 25.3 Å². The van der Waals surface area contributed by atoms with Crippen LogP contribution in [0.5, 0.6) is 0 Å². The first-order valence-electron chi connectivity index (χ1n) is 9.57. The summed E-state index contributed by atoms with van der Waals surface area (Å²) in [6.07, 6.45) is 3.24. The molecular formula is C23H21ClN4O2. The summed E-state index contributed by atoms with van der Waals surface area (Å²) in [5, 5.41) is 9.81. The van der Waals surface area contributed by atoms with Gasteiger partial charge in [-0.15, -0.1) is 0 Å². The number of ketones is 1. The summed E-state index contributed by atoms with van der Waals surface area (Å²) in [5.74, 6) is -0.0754. The number of benzene rings is 2. The average Bonchev–Trinajstić information content (AvgIpc) is 3.11. The second kappa shape index (κ2) is 7.54. The van der Waals surface area contributed by atoms with E-state index in [2.05, 4.69) is 10.2 Å². The second-order valence-corrected chi connectivity index (χ2v) is 8.61. The van der Waals surface area contributed by atoms with Crippen LogP contribution in [0.15, 0.2) is 65.7 Å². The number of hydrogen-bond donors (Lipinski definition) is 0. The van der Waals surface area contributed by atoms with E-state index in [0.29, 0.717) is 33.6 Å². The van der Waals surface area contributed by atoms with Gasteiger partial charge in [-0.05, 0) is 56.7 Å². The zero-order valence-electron chi connectivity index (χ0n) is 17.0. The molecule has 0 amide bonds. The summed E-state index contributed by atoms with van der Waals surface area (Å²) in [7, 11) is 0. The Morgan fingerprint density at radius 3 is 2.43 bits per heavy atom. The third kappa shape index (κ3) is 3.78. The molecule has 4 rings (SSSR count). The Morgan fingerprint density at radius 2 is 1.73 bits per heavy atom. The molecule has 0 spiro atoms. The maximum atomic E-state index is 12.8. The third-order valence-corrected chi connectivity index (χ3v) is 5.11. The van der Waals surface area contributed by atoms with Gasteiger partial charge in [-0.1, -0.05) is 29.8 Å². The molecule has 0 aliphatic heterocycles. The molecule has 2 heterocycles. The fourth-order valence-corrected chi connectivity index (χ4v) is 3.46. The Morgan fingerprint density at radius 1 is 1.00 bits per heavy atom. The highest BCUT2D eigenvalue weighted by atomic mass is 35.5. The summed E-state index contributed by atoms with van der Waals surface area (Å²) in [6.45, 7) is 6.22. The zero-order valence-corrected chi connectivity index (χ0v) is 17.7. The van der Waals surface area contributed by atoms with Crippen LogP contribution in [0, 0.1) is 0 Å². The zero-order chi connectivity index (χ0) is 21.5. The lowest BCUT2D eigenvalue weighted by atomic mass is 10.0. The van der Waals surface area contributed by atoms with Gasteiger partial charge in [0.25, 0.3) is 5.56 Å². The molecule has 0 bridgehead atoms. The Balaban J connectivity index is 1.65. The van der Waals surface area contributed by atoms with E-state index in [4.69, 9.17) is 11.6 Å². The minimum Gasteiger partial charge on any atom is -0.289 e. The van der Waals surface area contributed by atoms with Crippen LogP contribution in [0.1, 0.15) is 42.3 Å². The Labute approximate surface area is 178 Å². The first-order chi connectivity index (χ1) is 14.2. The van der Waals surface area contributed by atoms with Gasteiger partial charge in [0.05, 0.1) is 35.4 Å². The van der Waals surface area contributed by atoms with Gasteiger partial charge in [0.15, 0.2) is 5.78 Å². The van der Waals surface area contributed by atoms with Crippen molar-refractivity contribution in [1.29, 1.82) is 0 Å². The predicted molar refractivity (Wildman–Crippen MR) is 117 cm³/mol. The SMILES string of the molecule is CC(C)(C)n1ncc2c(cnn2Cc2cccc(C(=O)c3ccc(Cl)cc3)c2)c1=O. The fourth-order valence-electron chi connectivity index (χ4n) is 3.33. The Kier molecular flexibility index (Phi) is 5.03. The molecule has 7 heteroatoms. The van der Waals surface area contributed by atoms with Gasteiger partial charge >= 0.3 is 0 Å². The molecule has 152 valence electrons. The van der Waals surface area contributed by atoms with E-state index < -0.39 is 5.54 Å². The summed E-state index contributed by atoms with van der Waals surface area (Å²) < 4.78 is 3.19. The minimum absolute atomic E-state index is 0.0754. The van der Waals surface area contributed by atoms with Gasteiger partial charge in [0, 0.05) is 16.1 Å². The van der Waals surface area contributed by atoms with Gasteiger partial charge < -0.3 is 0 Å². The van der Waals surface area contributed by atoms with Crippen LogP contribution in [-0.2, 0) is 12.1 Å². The van der Waals surface area contributed by atoms with Crippen molar-refractivity contribution < 1.29 is 4.79 Å². The van der Waals surface area contributed by atoms with Gasteiger partial charge in [-0.3, -0.25) is 14.3 Å². The first-order valence-corrected chi connectivity index (χ1v) is 9.95. The quantitative estimate of drug-likeness (QED) is 0.462. The van der Waals surface area contributed by atoms with Crippen molar-refractivity contribution in [1.82, 2.24) is 19.6 Å². The van der Waals surface area contributed by atoms with Crippen molar-refractivity contribution in [2.75, 3.05) is 0 Å². The lowest BCUT2D eigenvalue weighted by Crippen LogP contribution is -2.35. The molecule has 0 aliphatic rings. The molecule has 0 saturated heterocycles. The molecule has 4 aromatic rings. The van der Waals surface area contributed by atoms with E-state index >= 15 is 0 Å². The van der Waals surface area contributed by atoms with Gasteiger partial charge in [-0.2, -0.15) is 10.2 Å². The van der Waals surface area contributed by atoms with Crippen molar-refractivity contribution in [3.05, 3.63) is 93.0 Å². The smallest absolute Gasteiger partial charge is 0.278 e. The van der Waals surface area contributed by atoms with Crippen molar-refractivity contribution in [2.24, 2.45) is 0 Å². The van der Waals surface area contributed by atoms with Crippen molar-refractivity contribution in [3.63, 3.8) is 0 Å². The number of carbonyl (C=O) groups excluding carboxylic acids is 1. The minimum atomic E-state index is -0.413. The number of aromatic nitrogens is 4. The molecule has 0 unspecified atom stereocenters. The van der Waals surface area contributed by atoms with Crippen LogP contribution < -0.4 is 5.56 Å². The molecule has 0 fully saturated rings. The molecule has 0 atom stereocenters. The van der Waals surface area contributed by atoms with Gasteiger partial charge in [0.2, 0.25) is 0 Å². The molecule has 2 aromatic heterocycles. The van der Waals surface area contributed by atoms with E-state index in [1.807, 2.05) is 39.0 Å². The Bertz CT molecular complexity index is 1300. The van der Waals surface area contributed by atoms with Crippen molar-refractivity contribution >= 4 is 28.3 Å². The standard InChI is InChI=1S/C23H21ClN4O2/c1-23(2,3)28-22(30)19-12-25-27(20(19)13-26-28)14-15-5-4-6-17(11-15)21(29)16-7-9-18(24)10-8-16/h4-13H,14H2,1-3H3. The van der Waals surface area contributed by atoms with E-state index in [-0.39, 0.29) is 11.3 Å². The largest absolute Gasteiger partial charge is 0.289 e. The van der Waals surface area contributed by atoms with Crippen LogP contribution in [0.2, 0.25) is 5.02 Å². The molecule has 0 aliphatic carbocycles. The summed E-state index contributed by atoms with van der Waals surface area (Å²) in [4.78, 5) is 25.5. The Hall–Kier alpha value is -3.25. The average molecular weight is 421 g/mol. The molecular weight excluding hydrogens is 400 g/mol. The van der Waals surface area contributed by atoms with Gasteiger partial charge in [0.1, 0.15) is 0 Å². The third-order valence-electron chi connectivity index (χ3n) is 4.86. The summed E-state index contributed by atoms with van der Waals surface area (Å²) in [5.41, 5.74) is 2.14. The molecule has 6 nitrogen and oxygen atoms in total.